The number of allylic oxidation sites excluding steroid dienone is 2. The maximum absolute atomic E-state index is 11.1. The fourth-order valence-corrected chi connectivity index (χ4v) is 2.01. The van der Waals surface area contributed by atoms with E-state index in [9.17, 15) is 10.1 Å². The van der Waals surface area contributed by atoms with Gasteiger partial charge in [-0.05, 0) is 18.2 Å². The third-order valence-electron chi connectivity index (χ3n) is 3.18. The zero-order valence-electron chi connectivity index (χ0n) is 12.6. The van der Waals surface area contributed by atoms with E-state index < -0.39 is 10.5 Å². The Hall–Kier alpha value is -4.35. The number of hydrogen-bond donors (Lipinski definition) is 1. The topological polar surface area (TPSA) is 154 Å². The van der Waals surface area contributed by atoms with Crippen molar-refractivity contribution in [2.75, 3.05) is 0 Å². The zero-order chi connectivity index (χ0) is 18.4. The smallest absolute Gasteiger partial charge is 0.280 e. The Morgan fingerprint density at radius 1 is 1.12 bits per heavy atom. The van der Waals surface area contributed by atoms with Gasteiger partial charge in [-0.1, -0.05) is 12.1 Å². The molecule has 0 aliphatic rings. The fourth-order valence-electron chi connectivity index (χ4n) is 2.01. The van der Waals surface area contributed by atoms with E-state index in [1.807, 2.05) is 0 Å². The number of nitriles is 3. The lowest BCUT2D eigenvalue weighted by Crippen LogP contribution is -2.03. The van der Waals surface area contributed by atoms with Crippen LogP contribution in [0.4, 0.5) is 5.69 Å². The van der Waals surface area contributed by atoms with Crippen molar-refractivity contribution in [1.82, 2.24) is 0 Å². The summed E-state index contributed by atoms with van der Waals surface area (Å²) in [5.74, 6) is 0.432. The highest BCUT2D eigenvalue weighted by Gasteiger charge is 2.17. The number of nitrogens with two attached hydrogens (primary N) is 1. The summed E-state index contributed by atoms with van der Waals surface area (Å²) in [6, 6.07) is 14.0. The molecule has 1 aromatic heterocycles. The number of nitro benzene ring substituents is 1. The van der Waals surface area contributed by atoms with Gasteiger partial charge >= 0.3 is 0 Å². The molecule has 8 heteroatoms. The van der Waals surface area contributed by atoms with Gasteiger partial charge in [0.1, 0.15) is 29.7 Å². The standard InChI is InChI=1S/C17H9N5O3/c18-8-11(17(21)12(9-19)10-20)7-13-5-6-16(25-13)14-3-1-2-4-15(14)22(23)24/h1-7H,21H2/b11-7+. The van der Waals surface area contributed by atoms with Crippen LogP contribution in [0.3, 0.4) is 0 Å². The summed E-state index contributed by atoms with van der Waals surface area (Å²) in [5, 5.41) is 37.9. The van der Waals surface area contributed by atoms with Gasteiger partial charge < -0.3 is 10.2 Å². The van der Waals surface area contributed by atoms with Crippen molar-refractivity contribution in [2.24, 2.45) is 5.73 Å². The average molecular weight is 331 g/mol. The quantitative estimate of drug-likeness (QED) is 0.391. The first-order chi connectivity index (χ1) is 12.0. The molecule has 120 valence electrons. The summed E-state index contributed by atoms with van der Waals surface area (Å²) in [4.78, 5) is 10.6. The summed E-state index contributed by atoms with van der Waals surface area (Å²) in [5.41, 5.74) is 5.01. The van der Waals surface area contributed by atoms with Crippen LogP contribution in [0, 0.1) is 44.1 Å². The van der Waals surface area contributed by atoms with Crippen LogP contribution in [0.5, 0.6) is 0 Å². The molecule has 1 aromatic carbocycles. The largest absolute Gasteiger partial charge is 0.456 e. The van der Waals surface area contributed by atoms with E-state index in [0.29, 0.717) is 0 Å². The Bertz CT molecular complexity index is 1010. The second-order valence-corrected chi connectivity index (χ2v) is 4.66. The number of rotatable bonds is 4. The molecule has 0 saturated carbocycles. The van der Waals surface area contributed by atoms with Gasteiger partial charge in [0.25, 0.3) is 5.69 Å². The first-order valence-corrected chi connectivity index (χ1v) is 6.77. The van der Waals surface area contributed by atoms with Crippen molar-refractivity contribution in [2.45, 2.75) is 0 Å². The molecule has 0 spiro atoms. The molecule has 0 bridgehead atoms. The van der Waals surface area contributed by atoms with Crippen LogP contribution in [0.1, 0.15) is 5.76 Å². The summed E-state index contributed by atoms with van der Waals surface area (Å²) in [6.45, 7) is 0. The van der Waals surface area contributed by atoms with E-state index in [1.165, 1.54) is 36.4 Å². The van der Waals surface area contributed by atoms with Crippen LogP contribution in [-0.2, 0) is 0 Å². The predicted molar refractivity (Wildman–Crippen MR) is 86.8 cm³/mol. The Labute approximate surface area is 142 Å². The molecule has 0 amide bonds. The minimum absolute atomic E-state index is 0.122. The molecule has 0 radical (unpaired) electrons. The molecule has 2 rings (SSSR count). The summed E-state index contributed by atoms with van der Waals surface area (Å²) in [6.07, 6.45) is 1.25. The van der Waals surface area contributed by atoms with Gasteiger partial charge in [0, 0.05) is 12.1 Å². The normalized spacial score (nSPS) is 10.2. The molecule has 1 heterocycles. The molecule has 0 aliphatic carbocycles. The summed E-state index contributed by atoms with van der Waals surface area (Å²) in [7, 11) is 0. The minimum Gasteiger partial charge on any atom is -0.456 e. The Kier molecular flexibility index (Phi) is 4.95. The first kappa shape index (κ1) is 17.0. The van der Waals surface area contributed by atoms with E-state index in [4.69, 9.17) is 25.9 Å². The number of nitro groups is 1. The van der Waals surface area contributed by atoms with Crippen molar-refractivity contribution in [3.05, 3.63) is 69.1 Å². The Balaban J connectivity index is 2.49. The average Bonchev–Trinajstić information content (AvgIpc) is 3.09. The van der Waals surface area contributed by atoms with Gasteiger partial charge in [0.05, 0.1) is 21.8 Å². The molecule has 0 unspecified atom stereocenters. The van der Waals surface area contributed by atoms with E-state index >= 15 is 0 Å². The van der Waals surface area contributed by atoms with Crippen LogP contribution in [-0.4, -0.2) is 4.92 Å². The van der Waals surface area contributed by atoms with Gasteiger partial charge in [-0.2, -0.15) is 15.8 Å². The lowest BCUT2D eigenvalue weighted by Gasteiger charge is -1.99. The lowest BCUT2D eigenvalue weighted by atomic mass is 10.1. The molecule has 0 atom stereocenters. The monoisotopic (exact) mass is 331 g/mol. The summed E-state index contributed by atoms with van der Waals surface area (Å²) < 4.78 is 5.51. The SMILES string of the molecule is N#CC(C#N)=C(N)/C(C#N)=C/c1ccc(-c2ccccc2[N+](=O)[O-])o1. The van der Waals surface area contributed by atoms with Crippen molar-refractivity contribution >= 4 is 11.8 Å². The highest BCUT2D eigenvalue weighted by atomic mass is 16.6. The zero-order valence-corrected chi connectivity index (χ0v) is 12.6. The van der Waals surface area contributed by atoms with Crippen LogP contribution in [0.25, 0.3) is 17.4 Å². The number of benzene rings is 1. The fraction of sp³-hybridized carbons (Fsp3) is 0. The van der Waals surface area contributed by atoms with Gasteiger partial charge in [-0.3, -0.25) is 10.1 Å². The third kappa shape index (κ3) is 3.53. The van der Waals surface area contributed by atoms with E-state index in [0.717, 1.165) is 0 Å². The second-order valence-electron chi connectivity index (χ2n) is 4.66. The maximum atomic E-state index is 11.1. The third-order valence-corrected chi connectivity index (χ3v) is 3.18. The predicted octanol–water partition coefficient (Wildman–Crippen LogP) is 3.02. The van der Waals surface area contributed by atoms with Gasteiger partial charge in [-0.15, -0.1) is 0 Å². The molecule has 25 heavy (non-hydrogen) atoms. The van der Waals surface area contributed by atoms with Gasteiger partial charge in [0.15, 0.2) is 5.57 Å². The van der Waals surface area contributed by atoms with Crippen molar-refractivity contribution in [3.8, 4) is 29.5 Å². The second kappa shape index (κ2) is 7.28. The molecule has 0 fully saturated rings. The molecule has 0 aliphatic heterocycles. The molecular weight excluding hydrogens is 322 g/mol. The van der Waals surface area contributed by atoms with Crippen LogP contribution >= 0.6 is 0 Å². The number of furan rings is 1. The molecule has 2 N–H and O–H groups in total. The number of hydrogen-bond acceptors (Lipinski definition) is 7. The Morgan fingerprint density at radius 3 is 2.40 bits per heavy atom. The highest BCUT2D eigenvalue weighted by Crippen LogP contribution is 2.31. The first-order valence-electron chi connectivity index (χ1n) is 6.77. The van der Waals surface area contributed by atoms with Crippen LogP contribution in [0.2, 0.25) is 0 Å². The van der Waals surface area contributed by atoms with Crippen molar-refractivity contribution in [1.29, 1.82) is 15.8 Å². The molecule has 0 saturated heterocycles. The van der Waals surface area contributed by atoms with E-state index in [2.05, 4.69) is 0 Å². The molecule has 2 aromatic rings. The molecule has 8 nitrogen and oxygen atoms in total. The van der Waals surface area contributed by atoms with Crippen LogP contribution < -0.4 is 5.73 Å². The van der Waals surface area contributed by atoms with Gasteiger partial charge in [-0.25, -0.2) is 0 Å². The highest BCUT2D eigenvalue weighted by molar-refractivity contribution is 5.71. The maximum Gasteiger partial charge on any atom is 0.280 e. The van der Waals surface area contributed by atoms with Crippen LogP contribution in [0.15, 0.2) is 57.7 Å². The summed E-state index contributed by atoms with van der Waals surface area (Å²) >= 11 is 0. The number of para-hydroxylation sites is 1. The number of nitrogens with zero attached hydrogens (tertiary/aromatic N) is 4. The lowest BCUT2D eigenvalue weighted by molar-refractivity contribution is -0.384. The van der Waals surface area contributed by atoms with Crippen molar-refractivity contribution < 1.29 is 9.34 Å². The van der Waals surface area contributed by atoms with E-state index in [1.54, 1.807) is 24.3 Å². The molecular formula is C17H9N5O3. The van der Waals surface area contributed by atoms with Gasteiger partial charge in [0.2, 0.25) is 0 Å². The van der Waals surface area contributed by atoms with E-state index in [-0.39, 0.29) is 34.0 Å². The minimum atomic E-state index is -0.527. The Morgan fingerprint density at radius 2 is 1.80 bits per heavy atom. The van der Waals surface area contributed by atoms with Crippen molar-refractivity contribution in [3.63, 3.8) is 0 Å².